The van der Waals surface area contributed by atoms with E-state index in [1.807, 2.05) is 0 Å². The summed E-state index contributed by atoms with van der Waals surface area (Å²) in [6, 6.07) is 6.87. The van der Waals surface area contributed by atoms with Crippen LogP contribution < -0.4 is 0 Å². The summed E-state index contributed by atoms with van der Waals surface area (Å²) in [6.07, 6.45) is 1.25. The predicted molar refractivity (Wildman–Crippen MR) is 79.4 cm³/mol. The Morgan fingerprint density at radius 3 is 2.67 bits per heavy atom. The Hall–Kier alpha value is -1.50. The number of rotatable bonds is 4. The van der Waals surface area contributed by atoms with Gasteiger partial charge in [-0.2, -0.15) is 0 Å². The lowest BCUT2D eigenvalue weighted by atomic mass is 10.4. The first-order chi connectivity index (χ1) is 9.87. The first-order valence-corrected chi connectivity index (χ1v) is 8.12. The molecule has 0 unspecified atom stereocenters. The average Bonchev–Trinajstić information content (AvgIpc) is 2.92. The molecule has 0 saturated carbocycles. The van der Waals surface area contributed by atoms with Crippen LogP contribution in [-0.4, -0.2) is 25.0 Å². The molecule has 2 aromatic rings. The van der Waals surface area contributed by atoms with Crippen molar-refractivity contribution in [2.24, 2.45) is 0 Å². The van der Waals surface area contributed by atoms with Gasteiger partial charge < -0.3 is 4.74 Å². The van der Waals surface area contributed by atoms with Crippen molar-refractivity contribution in [2.75, 3.05) is 6.61 Å². The molecule has 0 N–H and O–H groups in total. The van der Waals surface area contributed by atoms with E-state index >= 15 is 0 Å². The quantitative estimate of drug-likeness (QED) is 0.796. The van der Waals surface area contributed by atoms with Gasteiger partial charge >= 0.3 is 5.97 Å². The Morgan fingerprint density at radius 1 is 1.29 bits per heavy atom. The molecule has 1 heterocycles. The smallest absolute Gasteiger partial charge is 0.355 e. The summed E-state index contributed by atoms with van der Waals surface area (Å²) in [5.41, 5.74) is -0.104. The molecule has 0 bridgehead atoms. The van der Waals surface area contributed by atoms with E-state index in [1.54, 1.807) is 6.92 Å². The van der Waals surface area contributed by atoms with Gasteiger partial charge in [-0.1, -0.05) is 23.2 Å². The van der Waals surface area contributed by atoms with E-state index in [2.05, 4.69) is 0 Å². The summed E-state index contributed by atoms with van der Waals surface area (Å²) in [5, 5.41) is 0.241. The van der Waals surface area contributed by atoms with Crippen LogP contribution in [-0.2, 0) is 14.8 Å². The van der Waals surface area contributed by atoms with Gasteiger partial charge in [0.2, 0.25) is 0 Å². The highest BCUT2D eigenvalue weighted by molar-refractivity contribution is 7.90. The van der Waals surface area contributed by atoms with Gasteiger partial charge in [0.05, 0.1) is 11.6 Å². The first-order valence-electron chi connectivity index (χ1n) is 5.93. The summed E-state index contributed by atoms with van der Waals surface area (Å²) in [4.78, 5) is 11.6. The molecule has 0 aliphatic heterocycles. The van der Waals surface area contributed by atoms with E-state index in [-0.39, 0.29) is 27.2 Å². The zero-order valence-electron chi connectivity index (χ0n) is 10.9. The zero-order valence-corrected chi connectivity index (χ0v) is 13.2. The molecular formula is C13H11Cl2NO4S. The molecule has 0 aliphatic rings. The number of hydrogen-bond acceptors (Lipinski definition) is 4. The van der Waals surface area contributed by atoms with Gasteiger partial charge in [0.25, 0.3) is 10.0 Å². The number of hydrogen-bond donors (Lipinski definition) is 0. The van der Waals surface area contributed by atoms with Crippen molar-refractivity contribution in [1.82, 2.24) is 3.97 Å². The second-order valence-electron chi connectivity index (χ2n) is 3.99. The first kappa shape index (κ1) is 15.9. The fourth-order valence-electron chi connectivity index (χ4n) is 1.72. The minimum atomic E-state index is -4.04. The number of halogens is 2. The van der Waals surface area contributed by atoms with Crippen molar-refractivity contribution in [3.8, 4) is 0 Å². The van der Waals surface area contributed by atoms with Gasteiger partial charge in [-0.3, -0.25) is 0 Å². The van der Waals surface area contributed by atoms with Crippen molar-refractivity contribution in [2.45, 2.75) is 11.8 Å². The summed E-state index contributed by atoms with van der Waals surface area (Å²) in [5.74, 6) is -0.732. The lowest BCUT2D eigenvalue weighted by Crippen LogP contribution is -2.19. The van der Waals surface area contributed by atoms with E-state index in [1.165, 1.54) is 36.5 Å². The van der Waals surface area contributed by atoms with Crippen molar-refractivity contribution >= 4 is 39.2 Å². The molecule has 0 amide bonds. The molecule has 0 saturated heterocycles. The number of nitrogens with zero attached hydrogens (tertiary/aromatic N) is 1. The lowest BCUT2D eigenvalue weighted by molar-refractivity contribution is 0.0518. The average molecular weight is 348 g/mol. The van der Waals surface area contributed by atoms with Crippen LogP contribution in [0.15, 0.2) is 41.4 Å². The molecule has 112 valence electrons. The van der Waals surface area contributed by atoms with Crippen LogP contribution in [0.4, 0.5) is 0 Å². The van der Waals surface area contributed by atoms with E-state index in [0.29, 0.717) is 0 Å². The number of carbonyl (C=O) groups excluding carboxylic acids is 1. The van der Waals surface area contributed by atoms with Crippen molar-refractivity contribution < 1.29 is 17.9 Å². The minimum absolute atomic E-state index is 0.0166. The van der Waals surface area contributed by atoms with Gasteiger partial charge in [0.15, 0.2) is 0 Å². The van der Waals surface area contributed by atoms with Crippen LogP contribution in [0.3, 0.4) is 0 Å². The van der Waals surface area contributed by atoms with E-state index in [0.717, 1.165) is 3.97 Å². The summed E-state index contributed by atoms with van der Waals surface area (Å²) in [6.45, 7) is 1.77. The van der Waals surface area contributed by atoms with Crippen LogP contribution in [0.1, 0.15) is 17.4 Å². The van der Waals surface area contributed by atoms with Gasteiger partial charge in [-0.25, -0.2) is 17.2 Å². The number of carbonyl (C=O) groups is 1. The minimum Gasteiger partial charge on any atom is -0.461 e. The maximum Gasteiger partial charge on any atom is 0.355 e. The number of esters is 1. The van der Waals surface area contributed by atoms with Crippen LogP contribution in [0.25, 0.3) is 0 Å². The monoisotopic (exact) mass is 347 g/mol. The molecule has 0 atom stereocenters. The van der Waals surface area contributed by atoms with E-state index in [4.69, 9.17) is 27.9 Å². The SMILES string of the molecule is CCOC(=O)c1cccn1S(=O)(=O)c1cc(Cl)ccc1Cl. The van der Waals surface area contributed by atoms with Crippen molar-refractivity contribution in [1.29, 1.82) is 0 Å². The number of aromatic nitrogens is 1. The molecule has 0 radical (unpaired) electrons. The second kappa shape index (κ2) is 6.09. The number of ether oxygens (including phenoxy) is 1. The van der Waals surface area contributed by atoms with Crippen molar-refractivity contribution in [3.05, 3.63) is 52.3 Å². The second-order valence-corrected chi connectivity index (χ2v) is 6.62. The van der Waals surface area contributed by atoms with Crippen LogP contribution in [0, 0.1) is 0 Å². The third-order valence-electron chi connectivity index (χ3n) is 2.63. The molecule has 0 fully saturated rings. The Balaban J connectivity index is 2.58. The normalized spacial score (nSPS) is 11.4. The zero-order chi connectivity index (χ0) is 15.6. The molecule has 2 rings (SSSR count). The highest BCUT2D eigenvalue weighted by atomic mass is 35.5. The third-order valence-corrected chi connectivity index (χ3v) is 5.03. The van der Waals surface area contributed by atoms with Gasteiger partial charge in [-0.15, -0.1) is 0 Å². The fraction of sp³-hybridized carbons (Fsp3) is 0.154. The largest absolute Gasteiger partial charge is 0.461 e. The standard InChI is InChI=1S/C13H11Cl2NO4S/c1-2-20-13(17)11-4-3-7-16(11)21(18,19)12-8-9(14)5-6-10(12)15/h3-8H,2H2,1H3. The Kier molecular flexibility index (Phi) is 4.61. The van der Waals surface area contributed by atoms with Crippen molar-refractivity contribution in [3.63, 3.8) is 0 Å². The van der Waals surface area contributed by atoms with E-state index in [9.17, 15) is 13.2 Å². The molecule has 1 aromatic heterocycles. The number of benzene rings is 1. The topological polar surface area (TPSA) is 65.4 Å². The van der Waals surface area contributed by atoms with Gasteiger partial charge in [0, 0.05) is 11.2 Å². The van der Waals surface area contributed by atoms with Gasteiger partial charge in [-0.05, 0) is 37.3 Å². The molecule has 8 heteroatoms. The van der Waals surface area contributed by atoms with E-state index < -0.39 is 16.0 Å². The molecule has 1 aromatic carbocycles. The maximum absolute atomic E-state index is 12.6. The highest BCUT2D eigenvalue weighted by Gasteiger charge is 2.25. The van der Waals surface area contributed by atoms with Crippen LogP contribution >= 0.6 is 23.2 Å². The molecular weight excluding hydrogens is 337 g/mol. The van der Waals surface area contributed by atoms with Crippen LogP contribution in [0.5, 0.6) is 0 Å². The summed E-state index contributed by atoms with van der Waals surface area (Å²) < 4.78 is 30.9. The maximum atomic E-state index is 12.6. The summed E-state index contributed by atoms with van der Waals surface area (Å²) >= 11 is 11.7. The predicted octanol–water partition coefficient (Wildman–Crippen LogP) is 3.21. The van der Waals surface area contributed by atoms with Gasteiger partial charge in [0.1, 0.15) is 10.6 Å². The fourth-order valence-corrected chi connectivity index (χ4v) is 3.79. The Morgan fingerprint density at radius 2 is 2.00 bits per heavy atom. The highest BCUT2D eigenvalue weighted by Crippen LogP contribution is 2.27. The molecule has 21 heavy (non-hydrogen) atoms. The molecule has 0 spiro atoms. The molecule has 0 aliphatic carbocycles. The third kappa shape index (κ3) is 3.07. The summed E-state index contributed by atoms with van der Waals surface area (Å²) in [7, 11) is -4.04. The Bertz CT molecular complexity index is 783. The van der Waals surface area contributed by atoms with Crippen LogP contribution in [0.2, 0.25) is 10.0 Å². The molecule has 5 nitrogen and oxygen atoms in total. The lowest BCUT2D eigenvalue weighted by Gasteiger charge is -2.11. The Labute approximate surface area is 132 Å².